The molecule has 5 nitrogen and oxygen atoms in total. The van der Waals surface area contributed by atoms with Crippen LogP contribution in [-0.4, -0.2) is 50.3 Å². The highest BCUT2D eigenvalue weighted by Gasteiger charge is 2.29. The number of amides is 1. The summed E-state index contributed by atoms with van der Waals surface area (Å²) in [7, 11) is -3.22. The Bertz CT molecular complexity index is 650. The molecule has 2 rings (SSSR count). The lowest BCUT2D eigenvalue weighted by atomic mass is 9.99. The first-order valence-corrected chi connectivity index (χ1v) is 11.3. The number of hydrogen-bond donors (Lipinski definition) is 1. The molecule has 0 radical (unpaired) electrons. The van der Waals surface area contributed by atoms with E-state index in [9.17, 15) is 13.2 Å². The molecular formula is C16H23ClN2O3S2. The van der Waals surface area contributed by atoms with E-state index in [0.717, 1.165) is 29.4 Å². The lowest BCUT2D eigenvalue weighted by molar-refractivity contribution is -0.125. The van der Waals surface area contributed by atoms with Gasteiger partial charge in [0.1, 0.15) is 0 Å². The number of rotatable bonds is 7. The fourth-order valence-corrected chi connectivity index (χ4v) is 4.48. The molecule has 1 atom stereocenters. The van der Waals surface area contributed by atoms with Crippen LogP contribution >= 0.6 is 23.4 Å². The average Bonchev–Trinajstić information content (AvgIpc) is 2.55. The predicted octanol–water partition coefficient (Wildman–Crippen LogP) is 2.36. The Balaban J connectivity index is 1.66. The molecule has 0 bridgehead atoms. The molecule has 1 saturated heterocycles. The van der Waals surface area contributed by atoms with E-state index in [4.69, 9.17) is 11.6 Å². The fraction of sp³-hybridized carbons (Fsp3) is 0.562. The monoisotopic (exact) mass is 390 g/mol. The molecule has 8 heteroatoms. The van der Waals surface area contributed by atoms with Crippen molar-refractivity contribution in [2.24, 2.45) is 5.92 Å². The van der Waals surface area contributed by atoms with Crippen molar-refractivity contribution in [3.63, 3.8) is 0 Å². The van der Waals surface area contributed by atoms with E-state index in [0.29, 0.717) is 19.6 Å². The quantitative estimate of drug-likeness (QED) is 0.726. The maximum absolute atomic E-state index is 12.2. The summed E-state index contributed by atoms with van der Waals surface area (Å²) in [5, 5.41) is 3.65. The van der Waals surface area contributed by atoms with Gasteiger partial charge in [0, 0.05) is 36.2 Å². The van der Waals surface area contributed by atoms with E-state index in [1.807, 2.05) is 24.3 Å². The van der Waals surface area contributed by atoms with Crippen LogP contribution in [-0.2, 0) is 20.6 Å². The Morgan fingerprint density at radius 1 is 1.38 bits per heavy atom. The Morgan fingerprint density at radius 2 is 2.08 bits per heavy atom. The molecule has 1 aromatic carbocycles. The third kappa shape index (κ3) is 6.27. The Labute approximate surface area is 153 Å². The third-order valence-corrected chi connectivity index (χ3v) is 6.50. The third-order valence-electron chi connectivity index (χ3n) is 3.95. The first kappa shape index (κ1) is 19.6. The maximum atomic E-state index is 12.2. The van der Waals surface area contributed by atoms with Crippen LogP contribution in [0.4, 0.5) is 0 Å². The number of nitrogens with one attached hydrogen (secondary N) is 1. The number of carbonyl (C=O) groups is 1. The van der Waals surface area contributed by atoms with Gasteiger partial charge >= 0.3 is 0 Å². The van der Waals surface area contributed by atoms with Gasteiger partial charge in [-0.05, 0) is 30.5 Å². The normalized spacial score (nSPS) is 19.2. The second-order valence-electron chi connectivity index (χ2n) is 5.93. The highest BCUT2D eigenvalue weighted by molar-refractivity contribution is 7.98. The molecule has 1 amide bonds. The molecule has 0 unspecified atom stereocenters. The largest absolute Gasteiger partial charge is 0.355 e. The predicted molar refractivity (Wildman–Crippen MR) is 99.8 cm³/mol. The number of benzene rings is 1. The highest BCUT2D eigenvalue weighted by Crippen LogP contribution is 2.19. The number of hydrogen-bond acceptors (Lipinski definition) is 4. The second kappa shape index (κ2) is 9.08. The molecule has 1 N–H and O–H groups in total. The zero-order chi connectivity index (χ0) is 17.6. The van der Waals surface area contributed by atoms with E-state index >= 15 is 0 Å². The summed E-state index contributed by atoms with van der Waals surface area (Å²) >= 11 is 7.59. The van der Waals surface area contributed by atoms with Gasteiger partial charge in [-0.3, -0.25) is 4.79 Å². The zero-order valence-corrected chi connectivity index (χ0v) is 16.1. The van der Waals surface area contributed by atoms with Crippen molar-refractivity contribution in [3.8, 4) is 0 Å². The lowest BCUT2D eigenvalue weighted by Gasteiger charge is -2.30. The topological polar surface area (TPSA) is 66.5 Å². The molecule has 1 aliphatic heterocycles. The minimum absolute atomic E-state index is 0.0459. The molecular weight excluding hydrogens is 368 g/mol. The van der Waals surface area contributed by atoms with Gasteiger partial charge in [-0.15, -0.1) is 0 Å². The van der Waals surface area contributed by atoms with Gasteiger partial charge in [0.2, 0.25) is 15.9 Å². The number of sulfonamides is 1. The fourth-order valence-electron chi connectivity index (χ4n) is 2.62. The molecule has 0 spiro atoms. The summed E-state index contributed by atoms with van der Waals surface area (Å²) in [6.07, 6.45) is 2.67. The van der Waals surface area contributed by atoms with Crippen molar-refractivity contribution in [1.82, 2.24) is 9.62 Å². The number of carbonyl (C=O) groups excluding carboxylic acids is 1. The summed E-state index contributed by atoms with van der Waals surface area (Å²) in [6.45, 7) is 1.40. The van der Waals surface area contributed by atoms with Gasteiger partial charge in [-0.1, -0.05) is 23.7 Å². The van der Waals surface area contributed by atoms with Crippen LogP contribution in [0.1, 0.15) is 18.4 Å². The lowest BCUT2D eigenvalue weighted by Crippen LogP contribution is -2.45. The second-order valence-corrected chi connectivity index (χ2v) is 9.45. The first-order valence-electron chi connectivity index (χ1n) is 7.91. The Kier molecular flexibility index (Phi) is 7.40. The molecule has 0 aliphatic carbocycles. The minimum atomic E-state index is -3.22. The Morgan fingerprint density at radius 3 is 2.75 bits per heavy atom. The molecule has 1 fully saturated rings. The molecule has 1 aliphatic rings. The van der Waals surface area contributed by atoms with Crippen LogP contribution in [0.2, 0.25) is 5.02 Å². The van der Waals surface area contributed by atoms with Crippen molar-refractivity contribution in [1.29, 1.82) is 0 Å². The first-order chi connectivity index (χ1) is 11.4. The van der Waals surface area contributed by atoms with Crippen molar-refractivity contribution < 1.29 is 13.2 Å². The van der Waals surface area contributed by atoms with Crippen LogP contribution in [0, 0.1) is 5.92 Å². The van der Waals surface area contributed by atoms with Crippen LogP contribution < -0.4 is 5.32 Å². The van der Waals surface area contributed by atoms with Gasteiger partial charge in [-0.25, -0.2) is 12.7 Å². The number of piperidine rings is 1. The standard InChI is InChI=1S/C16H23ClN2O3S2/c1-24(21,22)19-9-2-3-14(11-19)16(20)18-8-10-23-12-13-4-6-15(17)7-5-13/h4-7,14H,2-3,8-12H2,1H3,(H,18,20)/t14-/m0/s1. The smallest absolute Gasteiger partial charge is 0.224 e. The van der Waals surface area contributed by atoms with Crippen LogP contribution in [0.25, 0.3) is 0 Å². The van der Waals surface area contributed by atoms with Crippen molar-refractivity contribution in [2.75, 3.05) is 31.6 Å². The number of thioether (sulfide) groups is 1. The van der Waals surface area contributed by atoms with Crippen molar-refractivity contribution >= 4 is 39.3 Å². The van der Waals surface area contributed by atoms with Gasteiger partial charge in [0.05, 0.1) is 12.2 Å². The zero-order valence-electron chi connectivity index (χ0n) is 13.7. The van der Waals surface area contributed by atoms with E-state index in [1.54, 1.807) is 11.8 Å². The van der Waals surface area contributed by atoms with Crippen LogP contribution in [0.3, 0.4) is 0 Å². The van der Waals surface area contributed by atoms with Gasteiger partial charge < -0.3 is 5.32 Å². The van der Waals surface area contributed by atoms with Crippen LogP contribution in [0.5, 0.6) is 0 Å². The van der Waals surface area contributed by atoms with E-state index in [2.05, 4.69) is 5.32 Å². The summed E-state index contributed by atoms with van der Waals surface area (Å²) in [5.74, 6) is 1.40. The van der Waals surface area contributed by atoms with Gasteiger partial charge in [-0.2, -0.15) is 11.8 Å². The van der Waals surface area contributed by atoms with Crippen molar-refractivity contribution in [3.05, 3.63) is 34.9 Å². The Hall–Kier alpha value is -0.760. The van der Waals surface area contributed by atoms with Gasteiger partial charge in [0.25, 0.3) is 0 Å². The SMILES string of the molecule is CS(=O)(=O)N1CCC[C@H](C(=O)NCCSCc2ccc(Cl)cc2)C1. The molecule has 0 aromatic heterocycles. The highest BCUT2D eigenvalue weighted by atomic mass is 35.5. The van der Waals surface area contributed by atoms with E-state index in [1.165, 1.54) is 16.1 Å². The van der Waals surface area contributed by atoms with Crippen LogP contribution in [0.15, 0.2) is 24.3 Å². The van der Waals surface area contributed by atoms with Gasteiger partial charge in [0.15, 0.2) is 0 Å². The minimum Gasteiger partial charge on any atom is -0.355 e. The molecule has 1 aromatic rings. The summed E-state index contributed by atoms with van der Waals surface area (Å²) < 4.78 is 24.6. The molecule has 134 valence electrons. The summed E-state index contributed by atoms with van der Waals surface area (Å²) in [4.78, 5) is 12.2. The summed E-state index contributed by atoms with van der Waals surface area (Å²) in [6, 6.07) is 7.73. The maximum Gasteiger partial charge on any atom is 0.224 e. The average molecular weight is 391 g/mol. The van der Waals surface area contributed by atoms with E-state index < -0.39 is 10.0 Å². The molecule has 0 saturated carbocycles. The molecule has 24 heavy (non-hydrogen) atoms. The molecule has 1 heterocycles. The summed E-state index contributed by atoms with van der Waals surface area (Å²) in [5.41, 5.74) is 1.20. The van der Waals surface area contributed by atoms with Crippen molar-refractivity contribution in [2.45, 2.75) is 18.6 Å². The number of nitrogens with zero attached hydrogens (tertiary/aromatic N) is 1. The van der Waals surface area contributed by atoms with E-state index in [-0.39, 0.29) is 11.8 Å². The number of halogens is 1.